The van der Waals surface area contributed by atoms with E-state index < -0.39 is 10.0 Å². The maximum absolute atomic E-state index is 11.3. The van der Waals surface area contributed by atoms with Crippen molar-refractivity contribution in [3.05, 3.63) is 24.5 Å². The molecule has 2 aromatic rings. The number of primary sulfonamides is 1. The largest absolute Gasteiger partial charge is 0.399 e. The zero-order valence-corrected chi connectivity index (χ0v) is 11.1. The molecular weight excluding hydrogens is 274 g/mol. The van der Waals surface area contributed by atoms with Gasteiger partial charge in [0.05, 0.1) is 4.90 Å². The number of aryl methyl sites for hydroxylation is 1. The van der Waals surface area contributed by atoms with Crippen molar-refractivity contribution >= 4 is 27.5 Å². The summed E-state index contributed by atoms with van der Waals surface area (Å²) in [6, 6.07) is 4.41. The monoisotopic (exact) mass is 285 g/mol. The first-order valence-corrected chi connectivity index (χ1v) is 7.18. The molecule has 0 aliphatic heterocycles. The number of benzene rings is 1. The Bertz CT molecular complexity index is 680. The number of nitrogen functional groups attached to an aromatic ring is 1. The predicted molar refractivity (Wildman–Crippen MR) is 67.4 cm³/mol. The zero-order chi connectivity index (χ0) is 13.3. The third kappa shape index (κ3) is 2.81. The second-order valence-electron chi connectivity index (χ2n) is 3.61. The van der Waals surface area contributed by atoms with Crippen molar-refractivity contribution < 1.29 is 8.42 Å². The first kappa shape index (κ1) is 12.9. The average Bonchev–Trinajstić information content (AvgIpc) is 2.62. The highest BCUT2D eigenvalue weighted by Crippen LogP contribution is 2.29. The number of sulfonamides is 1. The van der Waals surface area contributed by atoms with E-state index in [0.29, 0.717) is 15.7 Å². The Morgan fingerprint density at radius 1 is 1.33 bits per heavy atom. The highest BCUT2D eigenvalue weighted by Gasteiger charge is 2.12. The minimum absolute atomic E-state index is 0.0211. The highest BCUT2D eigenvalue weighted by atomic mass is 32.2. The van der Waals surface area contributed by atoms with Crippen molar-refractivity contribution in [3.63, 3.8) is 0 Å². The maximum Gasteiger partial charge on any atom is 0.238 e. The van der Waals surface area contributed by atoms with Crippen molar-refractivity contribution in [2.75, 3.05) is 5.73 Å². The van der Waals surface area contributed by atoms with Gasteiger partial charge in [0.2, 0.25) is 10.0 Å². The number of nitrogens with two attached hydrogens (primary N) is 2. The van der Waals surface area contributed by atoms with Gasteiger partial charge in [0.25, 0.3) is 0 Å². The van der Waals surface area contributed by atoms with Crippen LogP contribution >= 0.6 is 11.8 Å². The van der Waals surface area contributed by atoms with Crippen LogP contribution in [0.15, 0.2) is 39.5 Å². The highest BCUT2D eigenvalue weighted by molar-refractivity contribution is 7.99. The summed E-state index contributed by atoms with van der Waals surface area (Å²) in [5.41, 5.74) is 5.97. The van der Waals surface area contributed by atoms with Crippen molar-refractivity contribution in [2.45, 2.75) is 14.9 Å². The fourth-order valence-corrected chi connectivity index (χ4v) is 2.82. The third-order valence-corrected chi connectivity index (χ3v) is 4.03. The van der Waals surface area contributed by atoms with Crippen LogP contribution in [0.5, 0.6) is 0 Å². The number of anilines is 1. The number of nitrogens with zero attached hydrogens (tertiary/aromatic N) is 3. The van der Waals surface area contributed by atoms with E-state index in [-0.39, 0.29) is 4.90 Å². The molecule has 0 spiro atoms. The first-order valence-electron chi connectivity index (χ1n) is 4.81. The molecule has 0 radical (unpaired) electrons. The van der Waals surface area contributed by atoms with E-state index in [1.54, 1.807) is 24.0 Å². The standard InChI is InChI=1S/C9H11N5O2S2/c1-14-5-12-13-9(14)17-7-2-6(10)3-8(4-7)18(11,15)16/h2-5H,10H2,1H3,(H2,11,15,16). The number of rotatable bonds is 3. The van der Waals surface area contributed by atoms with Crippen LogP contribution in [-0.2, 0) is 17.1 Å². The van der Waals surface area contributed by atoms with Crippen molar-refractivity contribution in [1.82, 2.24) is 14.8 Å². The summed E-state index contributed by atoms with van der Waals surface area (Å²) in [7, 11) is -1.99. The molecule has 4 N–H and O–H groups in total. The lowest BCUT2D eigenvalue weighted by atomic mass is 10.3. The topological polar surface area (TPSA) is 117 Å². The van der Waals surface area contributed by atoms with Gasteiger partial charge in [-0.25, -0.2) is 13.6 Å². The number of hydrogen-bond acceptors (Lipinski definition) is 6. The molecule has 0 saturated heterocycles. The van der Waals surface area contributed by atoms with Gasteiger partial charge in [-0.1, -0.05) is 0 Å². The van der Waals surface area contributed by atoms with Gasteiger partial charge in [-0.05, 0) is 30.0 Å². The van der Waals surface area contributed by atoms with Crippen LogP contribution in [0.4, 0.5) is 5.69 Å². The van der Waals surface area contributed by atoms with Gasteiger partial charge >= 0.3 is 0 Å². The van der Waals surface area contributed by atoms with Gasteiger partial charge < -0.3 is 10.3 Å². The van der Waals surface area contributed by atoms with E-state index in [1.165, 1.54) is 23.9 Å². The molecule has 0 saturated carbocycles. The van der Waals surface area contributed by atoms with Gasteiger partial charge in [0.1, 0.15) is 6.33 Å². The Labute approximate surface area is 108 Å². The lowest BCUT2D eigenvalue weighted by Gasteiger charge is -2.05. The second kappa shape index (κ2) is 4.59. The normalized spacial score (nSPS) is 11.7. The Morgan fingerprint density at radius 3 is 2.61 bits per heavy atom. The van der Waals surface area contributed by atoms with E-state index in [2.05, 4.69) is 10.2 Å². The molecule has 0 unspecified atom stereocenters. The van der Waals surface area contributed by atoms with Crippen molar-refractivity contribution in [3.8, 4) is 0 Å². The Kier molecular flexibility index (Phi) is 3.28. The molecule has 7 nitrogen and oxygen atoms in total. The second-order valence-corrected chi connectivity index (χ2v) is 6.21. The van der Waals surface area contributed by atoms with Gasteiger partial charge in [0, 0.05) is 17.6 Å². The molecule has 0 aliphatic rings. The smallest absolute Gasteiger partial charge is 0.238 e. The van der Waals surface area contributed by atoms with Crippen molar-refractivity contribution in [1.29, 1.82) is 0 Å². The fourth-order valence-electron chi connectivity index (χ4n) is 1.29. The van der Waals surface area contributed by atoms with E-state index in [4.69, 9.17) is 10.9 Å². The molecule has 1 aromatic heterocycles. The minimum atomic E-state index is -3.77. The molecule has 0 fully saturated rings. The van der Waals surface area contributed by atoms with E-state index in [0.717, 1.165) is 0 Å². The molecule has 1 aromatic carbocycles. The average molecular weight is 285 g/mol. The molecule has 1 heterocycles. The number of hydrogen-bond donors (Lipinski definition) is 2. The van der Waals surface area contributed by atoms with Crippen LogP contribution in [0.2, 0.25) is 0 Å². The summed E-state index contributed by atoms with van der Waals surface area (Å²) in [5, 5.41) is 13.3. The third-order valence-electron chi connectivity index (χ3n) is 2.11. The SMILES string of the molecule is Cn1cnnc1Sc1cc(N)cc(S(N)(=O)=O)c1. The van der Waals surface area contributed by atoms with Crippen LogP contribution in [0.1, 0.15) is 0 Å². The van der Waals surface area contributed by atoms with Crippen LogP contribution in [-0.4, -0.2) is 23.2 Å². The summed E-state index contributed by atoms with van der Waals surface area (Å²) < 4.78 is 24.3. The Morgan fingerprint density at radius 2 is 2.06 bits per heavy atom. The molecule has 0 aliphatic carbocycles. The Balaban J connectivity index is 2.41. The predicted octanol–water partition coefficient (Wildman–Crippen LogP) is 0.196. The van der Waals surface area contributed by atoms with Gasteiger partial charge in [-0.2, -0.15) is 0 Å². The molecule has 0 amide bonds. The van der Waals surface area contributed by atoms with Gasteiger partial charge in [-0.15, -0.1) is 10.2 Å². The van der Waals surface area contributed by atoms with Crippen LogP contribution in [0.3, 0.4) is 0 Å². The summed E-state index contributed by atoms with van der Waals surface area (Å²) >= 11 is 1.25. The summed E-state index contributed by atoms with van der Waals surface area (Å²) in [6.07, 6.45) is 1.55. The maximum atomic E-state index is 11.3. The molecule has 2 rings (SSSR count). The van der Waals surface area contributed by atoms with Crippen LogP contribution in [0.25, 0.3) is 0 Å². The molecule has 0 atom stereocenters. The minimum Gasteiger partial charge on any atom is -0.399 e. The summed E-state index contributed by atoms with van der Waals surface area (Å²) in [4.78, 5) is 0.613. The lowest BCUT2D eigenvalue weighted by molar-refractivity contribution is 0.597. The van der Waals surface area contributed by atoms with Gasteiger partial charge in [0.15, 0.2) is 5.16 Å². The first-order chi connectivity index (χ1) is 8.36. The molecule has 9 heteroatoms. The molecule has 0 bridgehead atoms. The van der Waals surface area contributed by atoms with Crippen LogP contribution in [0, 0.1) is 0 Å². The molecule has 96 valence electrons. The molecule has 18 heavy (non-hydrogen) atoms. The van der Waals surface area contributed by atoms with Crippen molar-refractivity contribution in [2.24, 2.45) is 12.2 Å². The lowest BCUT2D eigenvalue weighted by Crippen LogP contribution is -2.12. The van der Waals surface area contributed by atoms with E-state index >= 15 is 0 Å². The van der Waals surface area contributed by atoms with Crippen LogP contribution < -0.4 is 10.9 Å². The van der Waals surface area contributed by atoms with E-state index in [9.17, 15) is 8.42 Å². The quantitative estimate of drug-likeness (QED) is 0.778. The Hall–Kier alpha value is -1.58. The van der Waals surface area contributed by atoms with E-state index in [1.807, 2.05) is 0 Å². The zero-order valence-electron chi connectivity index (χ0n) is 9.44. The summed E-state index contributed by atoms with van der Waals surface area (Å²) in [5.74, 6) is 0. The number of aromatic nitrogens is 3. The summed E-state index contributed by atoms with van der Waals surface area (Å²) in [6.45, 7) is 0. The fraction of sp³-hybridized carbons (Fsp3) is 0.111. The molecular formula is C9H11N5O2S2. The van der Waals surface area contributed by atoms with Gasteiger partial charge in [-0.3, -0.25) is 0 Å².